The molecule has 3 N–H and O–H groups in total. The van der Waals surface area contributed by atoms with Crippen LogP contribution in [0.5, 0.6) is 0 Å². The van der Waals surface area contributed by atoms with Gasteiger partial charge in [-0.25, -0.2) is 9.97 Å². The quantitative estimate of drug-likeness (QED) is 0.417. The van der Waals surface area contributed by atoms with Gasteiger partial charge >= 0.3 is 0 Å². The minimum Gasteiger partial charge on any atom is -0.396 e. The maximum Gasteiger partial charge on any atom is 0.264 e. The van der Waals surface area contributed by atoms with Crippen molar-refractivity contribution in [1.82, 2.24) is 19.4 Å². The lowest BCUT2D eigenvalue weighted by Crippen LogP contribution is -2.31. The van der Waals surface area contributed by atoms with E-state index in [1.807, 2.05) is 49.6 Å². The Labute approximate surface area is 187 Å². The number of aromatic nitrogens is 3. The summed E-state index contributed by atoms with van der Waals surface area (Å²) in [6.07, 6.45) is 3.48. The zero-order valence-corrected chi connectivity index (χ0v) is 18.7. The van der Waals surface area contributed by atoms with Crippen LogP contribution < -0.4 is 5.73 Å². The largest absolute Gasteiger partial charge is 0.396 e. The molecule has 0 radical (unpaired) electrons. The van der Waals surface area contributed by atoms with Crippen LogP contribution in [-0.2, 0) is 11.3 Å². The topological polar surface area (TPSA) is 121 Å². The van der Waals surface area contributed by atoms with E-state index in [1.54, 1.807) is 11.0 Å². The average molecular weight is 433 g/mol. The maximum atomic E-state index is 13.0. The smallest absolute Gasteiger partial charge is 0.264 e. The van der Waals surface area contributed by atoms with Crippen LogP contribution in [0.3, 0.4) is 0 Å². The van der Waals surface area contributed by atoms with Gasteiger partial charge in [-0.15, -0.1) is 0 Å². The number of carbonyl (C=O) groups excluding carboxylic acids is 1. The third-order valence-electron chi connectivity index (χ3n) is 5.47. The van der Waals surface area contributed by atoms with Gasteiger partial charge in [0.05, 0.1) is 11.1 Å². The lowest BCUT2D eigenvalue weighted by Gasteiger charge is -2.18. The second-order valence-corrected chi connectivity index (χ2v) is 7.46. The van der Waals surface area contributed by atoms with Gasteiger partial charge in [0.25, 0.3) is 5.91 Å². The van der Waals surface area contributed by atoms with Crippen LogP contribution in [0, 0.1) is 18.3 Å². The molecule has 8 heteroatoms. The minimum atomic E-state index is -0.328. The normalized spacial score (nSPS) is 11.5. The van der Waals surface area contributed by atoms with Crippen LogP contribution in [0.1, 0.15) is 31.5 Å². The second kappa shape index (κ2) is 10.1. The highest BCUT2D eigenvalue weighted by Gasteiger charge is 2.23. The molecular weight excluding hydrogens is 404 g/mol. The van der Waals surface area contributed by atoms with Gasteiger partial charge in [0.1, 0.15) is 29.4 Å². The third-order valence-corrected chi connectivity index (χ3v) is 5.47. The van der Waals surface area contributed by atoms with E-state index in [2.05, 4.69) is 16.0 Å². The van der Waals surface area contributed by atoms with Crippen molar-refractivity contribution in [3.05, 3.63) is 47.4 Å². The zero-order valence-electron chi connectivity index (χ0n) is 18.7. The Morgan fingerprint density at radius 1 is 1.25 bits per heavy atom. The lowest BCUT2D eigenvalue weighted by atomic mass is 10.00. The van der Waals surface area contributed by atoms with Crippen molar-refractivity contribution in [3.63, 3.8) is 0 Å². The fourth-order valence-corrected chi connectivity index (χ4v) is 3.79. The number of nitrogens with zero attached hydrogens (tertiary/aromatic N) is 5. The number of aliphatic hydroxyl groups excluding tert-OH is 1. The standard InChI is InChI=1S/C24H28N6O2/c1-4-29(5-2)24(32)18(14-25)13-19-20(17-9-7-16(3)8-10-17)21-22(26)27-15-28-23(21)30(19)11-6-12-31/h7-10,13,15,31H,4-6,11-12H2,1-3H3,(H2,26,27,28). The highest BCUT2D eigenvalue weighted by Crippen LogP contribution is 2.38. The van der Waals surface area contributed by atoms with Crippen molar-refractivity contribution in [2.24, 2.45) is 0 Å². The van der Waals surface area contributed by atoms with Crippen molar-refractivity contribution in [2.75, 3.05) is 25.4 Å². The predicted octanol–water partition coefficient (Wildman–Crippen LogP) is 3.15. The Morgan fingerprint density at radius 3 is 2.53 bits per heavy atom. The second-order valence-electron chi connectivity index (χ2n) is 7.46. The highest BCUT2D eigenvalue weighted by molar-refractivity contribution is 6.08. The molecule has 1 amide bonds. The number of carbonyl (C=O) groups is 1. The molecule has 0 atom stereocenters. The number of fused-ring (bicyclic) bond motifs is 1. The molecule has 0 saturated carbocycles. The number of benzene rings is 1. The molecule has 0 aliphatic heterocycles. The molecule has 3 rings (SSSR count). The Kier molecular flexibility index (Phi) is 7.23. The molecule has 0 saturated heterocycles. The van der Waals surface area contributed by atoms with Gasteiger partial charge in [0.15, 0.2) is 0 Å². The fourth-order valence-electron chi connectivity index (χ4n) is 3.79. The van der Waals surface area contributed by atoms with Crippen LogP contribution in [0.4, 0.5) is 5.82 Å². The summed E-state index contributed by atoms with van der Waals surface area (Å²) >= 11 is 0. The number of nitrogens with two attached hydrogens (primary N) is 1. The Morgan fingerprint density at radius 2 is 1.94 bits per heavy atom. The Balaban J connectivity index is 2.37. The van der Waals surface area contributed by atoms with Crippen LogP contribution in [-0.4, -0.2) is 50.1 Å². The first-order valence-electron chi connectivity index (χ1n) is 10.7. The van der Waals surface area contributed by atoms with Gasteiger partial charge in [-0.1, -0.05) is 29.8 Å². The number of hydrogen-bond donors (Lipinski definition) is 2. The molecule has 0 aliphatic rings. The monoisotopic (exact) mass is 432 g/mol. The van der Waals surface area contributed by atoms with E-state index in [0.29, 0.717) is 48.6 Å². The van der Waals surface area contributed by atoms with Crippen molar-refractivity contribution in [2.45, 2.75) is 33.7 Å². The van der Waals surface area contributed by atoms with Gasteiger partial charge in [-0.05, 0) is 38.8 Å². The van der Waals surface area contributed by atoms with E-state index in [9.17, 15) is 15.2 Å². The molecule has 0 fully saturated rings. The summed E-state index contributed by atoms with van der Waals surface area (Å²) in [4.78, 5) is 23.2. The molecule has 166 valence electrons. The highest BCUT2D eigenvalue weighted by atomic mass is 16.3. The van der Waals surface area contributed by atoms with Gasteiger partial charge in [-0.3, -0.25) is 4.79 Å². The molecule has 1 aromatic carbocycles. The van der Waals surface area contributed by atoms with Crippen LogP contribution in [0.25, 0.3) is 28.2 Å². The van der Waals surface area contributed by atoms with Crippen molar-refractivity contribution in [1.29, 1.82) is 5.26 Å². The molecule has 2 heterocycles. The number of anilines is 1. The number of aryl methyl sites for hydroxylation is 2. The first kappa shape index (κ1) is 23.0. The summed E-state index contributed by atoms with van der Waals surface area (Å²) in [7, 11) is 0. The molecule has 2 aromatic heterocycles. The van der Waals surface area contributed by atoms with Gasteiger partial charge in [0, 0.05) is 31.8 Å². The van der Waals surface area contributed by atoms with Gasteiger partial charge in [-0.2, -0.15) is 5.26 Å². The van der Waals surface area contributed by atoms with E-state index in [1.165, 1.54) is 6.33 Å². The number of nitriles is 1. The molecule has 0 bridgehead atoms. The van der Waals surface area contributed by atoms with Crippen molar-refractivity contribution >= 4 is 28.8 Å². The van der Waals surface area contributed by atoms with Crippen LogP contribution in [0.2, 0.25) is 0 Å². The SMILES string of the molecule is CCN(CC)C(=O)C(C#N)=Cc1c(-c2ccc(C)cc2)c2c(N)ncnc2n1CCCO. The number of hydrogen-bond acceptors (Lipinski definition) is 6. The summed E-state index contributed by atoms with van der Waals surface area (Å²) < 4.78 is 1.89. The fraction of sp³-hybridized carbons (Fsp3) is 0.333. The average Bonchev–Trinajstić information content (AvgIpc) is 3.11. The van der Waals surface area contributed by atoms with E-state index in [4.69, 9.17) is 5.73 Å². The number of likely N-dealkylation sites (N-methyl/N-ethyl adjacent to an activating group) is 1. The van der Waals surface area contributed by atoms with Gasteiger partial charge < -0.3 is 20.3 Å². The minimum absolute atomic E-state index is 0.00720. The molecule has 0 aliphatic carbocycles. The summed E-state index contributed by atoms with van der Waals surface area (Å²) in [6, 6.07) is 10.0. The van der Waals surface area contributed by atoms with E-state index in [0.717, 1.165) is 16.7 Å². The molecule has 0 unspecified atom stereocenters. The molecule has 8 nitrogen and oxygen atoms in total. The predicted molar refractivity (Wildman–Crippen MR) is 125 cm³/mol. The lowest BCUT2D eigenvalue weighted by molar-refractivity contribution is -0.126. The Hall–Kier alpha value is -3.70. The zero-order chi connectivity index (χ0) is 23.3. The number of nitrogen functional groups attached to an aromatic ring is 1. The molecular formula is C24H28N6O2. The Bertz CT molecular complexity index is 1180. The van der Waals surface area contributed by atoms with E-state index < -0.39 is 0 Å². The van der Waals surface area contributed by atoms with Gasteiger partial charge in [0.2, 0.25) is 0 Å². The summed E-state index contributed by atoms with van der Waals surface area (Å²) in [5.74, 6) is -0.0121. The third kappa shape index (κ3) is 4.34. The summed E-state index contributed by atoms with van der Waals surface area (Å²) in [6.45, 7) is 7.21. The molecule has 32 heavy (non-hydrogen) atoms. The molecule has 3 aromatic rings. The van der Waals surface area contributed by atoms with Crippen LogP contribution in [0.15, 0.2) is 36.2 Å². The van der Waals surface area contributed by atoms with Crippen molar-refractivity contribution in [3.8, 4) is 17.2 Å². The van der Waals surface area contributed by atoms with E-state index in [-0.39, 0.29) is 18.1 Å². The first-order valence-corrected chi connectivity index (χ1v) is 10.7. The number of amides is 1. The molecule has 0 spiro atoms. The maximum absolute atomic E-state index is 13.0. The summed E-state index contributed by atoms with van der Waals surface area (Å²) in [5, 5.41) is 19.9. The summed E-state index contributed by atoms with van der Waals surface area (Å²) in [5.41, 5.74) is 10.3. The first-order chi connectivity index (χ1) is 15.5. The van der Waals surface area contributed by atoms with E-state index >= 15 is 0 Å². The number of aliphatic hydroxyl groups is 1. The van der Waals surface area contributed by atoms with Crippen molar-refractivity contribution < 1.29 is 9.90 Å². The number of rotatable bonds is 8. The van der Waals surface area contributed by atoms with Crippen LogP contribution >= 0.6 is 0 Å².